The van der Waals surface area contributed by atoms with Crippen molar-refractivity contribution in [2.75, 3.05) is 38.1 Å². The Hall–Kier alpha value is -3.19. The number of hydrogen-bond donors (Lipinski definition) is 1. The van der Waals surface area contributed by atoms with E-state index in [0.29, 0.717) is 30.9 Å². The van der Waals surface area contributed by atoms with Gasteiger partial charge < -0.3 is 10.2 Å². The highest BCUT2D eigenvalue weighted by atomic mass is 19.4. The largest absolute Gasteiger partial charge is 0.417 e. The molecule has 35 heavy (non-hydrogen) atoms. The van der Waals surface area contributed by atoms with Crippen molar-refractivity contribution >= 4 is 11.6 Å². The van der Waals surface area contributed by atoms with Crippen molar-refractivity contribution in [3.05, 3.63) is 59.2 Å². The second-order valence-corrected chi connectivity index (χ2v) is 9.21. The maximum Gasteiger partial charge on any atom is 0.417 e. The van der Waals surface area contributed by atoms with Crippen LogP contribution in [0.15, 0.2) is 36.7 Å². The van der Waals surface area contributed by atoms with Gasteiger partial charge >= 0.3 is 6.18 Å². The average molecular weight is 490 g/mol. The monoisotopic (exact) mass is 489 g/mol. The summed E-state index contributed by atoms with van der Waals surface area (Å²) in [5, 5.41) is 11.8. The van der Waals surface area contributed by atoms with E-state index in [-0.39, 0.29) is 29.5 Å². The van der Waals surface area contributed by atoms with E-state index in [1.54, 1.807) is 25.4 Å². The molecule has 1 aromatic carbocycles. The molecule has 186 valence electrons. The maximum atomic E-state index is 14.0. The predicted molar refractivity (Wildman–Crippen MR) is 122 cm³/mol. The minimum atomic E-state index is -4.64. The number of likely N-dealkylation sites (tertiary alicyclic amines) is 1. The molecule has 2 atom stereocenters. The molecule has 1 N–H and O–H groups in total. The van der Waals surface area contributed by atoms with Crippen LogP contribution in [0, 0.1) is 34.9 Å². The van der Waals surface area contributed by atoms with Crippen molar-refractivity contribution < 1.29 is 22.4 Å². The topological polar surface area (TPSA) is 72.3 Å². The lowest BCUT2D eigenvalue weighted by atomic mass is 9.78. The zero-order chi connectivity index (χ0) is 25.2. The number of amides is 1. The predicted octanol–water partition coefficient (Wildman–Crippen LogP) is 3.82. The number of halogens is 4. The fraction of sp³-hybridized carbons (Fsp3) is 0.480. The summed E-state index contributed by atoms with van der Waals surface area (Å²) >= 11 is 0. The quantitative estimate of drug-likeness (QED) is 0.647. The number of nitriles is 1. The van der Waals surface area contributed by atoms with Gasteiger partial charge in [0, 0.05) is 44.1 Å². The number of piperidine rings is 1. The van der Waals surface area contributed by atoms with Crippen LogP contribution in [-0.2, 0) is 17.5 Å². The van der Waals surface area contributed by atoms with Gasteiger partial charge in [-0.2, -0.15) is 18.4 Å². The number of benzene rings is 1. The molecule has 3 heterocycles. The van der Waals surface area contributed by atoms with Gasteiger partial charge in [-0.05, 0) is 62.0 Å². The number of anilines is 1. The Balaban J connectivity index is 1.48. The number of hydrogen-bond acceptors (Lipinski definition) is 5. The molecule has 1 aromatic heterocycles. The van der Waals surface area contributed by atoms with Crippen molar-refractivity contribution in [1.82, 2.24) is 15.2 Å². The van der Waals surface area contributed by atoms with Crippen molar-refractivity contribution in [3.63, 3.8) is 0 Å². The highest BCUT2D eigenvalue weighted by molar-refractivity contribution is 5.80. The second-order valence-electron chi connectivity index (χ2n) is 9.21. The highest BCUT2D eigenvalue weighted by Crippen LogP contribution is 2.40. The first-order valence-corrected chi connectivity index (χ1v) is 11.6. The minimum Gasteiger partial charge on any atom is -0.370 e. The normalized spacial score (nSPS) is 21.7. The van der Waals surface area contributed by atoms with E-state index in [1.807, 2.05) is 4.90 Å². The van der Waals surface area contributed by atoms with Crippen LogP contribution in [0.4, 0.5) is 23.2 Å². The van der Waals surface area contributed by atoms with Crippen LogP contribution in [0.1, 0.15) is 29.5 Å². The van der Waals surface area contributed by atoms with E-state index in [9.17, 15) is 22.4 Å². The van der Waals surface area contributed by atoms with E-state index in [0.717, 1.165) is 32.0 Å². The van der Waals surface area contributed by atoms with Crippen LogP contribution in [0.3, 0.4) is 0 Å². The van der Waals surface area contributed by atoms with Gasteiger partial charge in [0.2, 0.25) is 5.91 Å². The highest BCUT2D eigenvalue weighted by Gasteiger charge is 2.43. The van der Waals surface area contributed by atoms with Crippen molar-refractivity contribution in [2.24, 2.45) is 17.8 Å². The van der Waals surface area contributed by atoms with Crippen LogP contribution < -0.4 is 10.2 Å². The third kappa shape index (κ3) is 5.40. The molecule has 0 unspecified atom stereocenters. The zero-order valence-electron chi connectivity index (χ0n) is 19.4. The Morgan fingerprint density at radius 2 is 1.97 bits per heavy atom. The third-order valence-corrected chi connectivity index (χ3v) is 7.23. The van der Waals surface area contributed by atoms with E-state index in [2.05, 4.69) is 15.2 Å². The Labute approximate surface area is 201 Å². The second kappa shape index (κ2) is 10.2. The number of nitrogens with zero attached hydrogens (tertiary/aromatic N) is 4. The summed E-state index contributed by atoms with van der Waals surface area (Å²) in [6, 6.07) is 6.99. The molecule has 1 amide bonds. The molecule has 0 bridgehead atoms. The number of alkyl halides is 3. The smallest absolute Gasteiger partial charge is 0.370 e. The van der Waals surface area contributed by atoms with Crippen LogP contribution in [-0.4, -0.2) is 49.0 Å². The summed E-state index contributed by atoms with van der Waals surface area (Å²) in [5.41, 5.74) is -0.430. The molecule has 2 fully saturated rings. The fourth-order valence-corrected chi connectivity index (χ4v) is 5.35. The summed E-state index contributed by atoms with van der Waals surface area (Å²) in [6.45, 7) is 2.76. The average Bonchev–Trinajstić information content (AvgIpc) is 3.30. The lowest BCUT2D eigenvalue weighted by molar-refractivity contribution is -0.137. The fourth-order valence-electron chi connectivity index (χ4n) is 5.35. The zero-order valence-corrected chi connectivity index (χ0v) is 19.4. The van der Waals surface area contributed by atoms with Crippen molar-refractivity contribution in [1.29, 1.82) is 5.26 Å². The van der Waals surface area contributed by atoms with Crippen molar-refractivity contribution in [2.45, 2.75) is 25.6 Å². The summed E-state index contributed by atoms with van der Waals surface area (Å²) in [5.74, 6) is -0.593. The molecule has 2 aliphatic rings. The Kier molecular flexibility index (Phi) is 7.26. The lowest BCUT2D eigenvalue weighted by Gasteiger charge is -2.36. The van der Waals surface area contributed by atoms with Gasteiger partial charge in [-0.1, -0.05) is 0 Å². The summed E-state index contributed by atoms with van der Waals surface area (Å²) in [4.78, 5) is 20.5. The molecule has 4 rings (SSSR count). The molecule has 0 radical (unpaired) electrons. The molecule has 0 saturated carbocycles. The summed E-state index contributed by atoms with van der Waals surface area (Å²) in [7, 11) is 1.57. The van der Waals surface area contributed by atoms with Crippen LogP contribution >= 0.6 is 0 Å². The minimum absolute atomic E-state index is 0.0141. The van der Waals surface area contributed by atoms with Gasteiger partial charge in [-0.25, -0.2) is 4.39 Å². The standard InChI is InChI=1S/C25H27F4N5O/c1-31-24(35)21-15-34(19-3-2-17(11-30)22(10-19)25(27,28)29)14-20(21)16-5-8-33(9-6-16)13-18-4-7-32-12-23(18)26/h2-4,7,10,12,16,20-21H,5-6,8-9,13-15H2,1H3,(H,31,35)/t20-,21+/m0/s1. The van der Waals surface area contributed by atoms with E-state index in [1.165, 1.54) is 18.3 Å². The van der Waals surface area contributed by atoms with Gasteiger partial charge in [-0.15, -0.1) is 0 Å². The Morgan fingerprint density at radius 3 is 2.60 bits per heavy atom. The van der Waals surface area contributed by atoms with E-state index < -0.39 is 17.3 Å². The first-order chi connectivity index (χ1) is 16.7. The molecule has 6 nitrogen and oxygen atoms in total. The number of pyridine rings is 1. The van der Waals surface area contributed by atoms with E-state index >= 15 is 0 Å². The molecule has 2 aliphatic heterocycles. The van der Waals surface area contributed by atoms with Gasteiger partial charge in [0.15, 0.2) is 0 Å². The molecular weight excluding hydrogens is 462 g/mol. The number of rotatable bonds is 5. The van der Waals surface area contributed by atoms with E-state index in [4.69, 9.17) is 5.26 Å². The molecule has 2 aromatic rings. The van der Waals surface area contributed by atoms with Crippen LogP contribution in [0.2, 0.25) is 0 Å². The first-order valence-electron chi connectivity index (χ1n) is 11.6. The molecule has 2 saturated heterocycles. The maximum absolute atomic E-state index is 14.0. The molecule has 10 heteroatoms. The Bertz CT molecular complexity index is 1110. The number of nitrogens with one attached hydrogen (secondary N) is 1. The molecule has 0 aliphatic carbocycles. The van der Waals surface area contributed by atoms with Gasteiger partial charge in [0.1, 0.15) is 5.82 Å². The van der Waals surface area contributed by atoms with Crippen LogP contribution in [0.5, 0.6) is 0 Å². The summed E-state index contributed by atoms with van der Waals surface area (Å²) in [6.07, 6.45) is -0.225. The summed E-state index contributed by atoms with van der Waals surface area (Å²) < 4.78 is 54.4. The molecular formula is C25H27F4N5O. The number of carbonyl (C=O) groups is 1. The van der Waals surface area contributed by atoms with Gasteiger partial charge in [0.25, 0.3) is 0 Å². The lowest BCUT2D eigenvalue weighted by Crippen LogP contribution is -2.40. The van der Waals surface area contributed by atoms with Gasteiger partial charge in [0.05, 0.1) is 29.3 Å². The number of carbonyl (C=O) groups excluding carboxylic acids is 1. The first kappa shape index (κ1) is 24.9. The number of aromatic nitrogens is 1. The van der Waals surface area contributed by atoms with Crippen molar-refractivity contribution in [3.8, 4) is 6.07 Å². The van der Waals surface area contributed by atoms with Crippen LogP contribution in [0.25, 0.3) is 0 Å². The third-order valence-electron chi connectivity index (χ3n) is 7.23. The molecule has 0 spiro atoms. The Morgan fingerprint density at radius 1 is 1.23 bits per heavy atom. The SMILES string of the molecule is CNC(=O)[C@@H]1CN(c2ccc(C#N)c(C(F)(F)F)c2)C[C@H]1C1CCN(Cc2ccncc2F)CC1. The van der Waals surface area contributed by atoms with Gasteiger partial charge in [-0.3, -0.25) is 14.7 Å².